The van der Waals surface area contributed by atoms with Crippen molar-refractivity contribution in [1.29, 1.82) is 0 Å². The predicted octanol–water partition coefficient (Wildman–Crippen LogP) is 4.16. The molecule has 0 saturated carbocycles. The van der Waals surface area contributed by atoms with Crippen molar-refractivity contribution in [3.05, 3.63) is 92.0 Å². The zero-order valence-electron chi connectivity index (χ0n) is 17.7. The molecule has 0 unspecified atom stereocenters. The van der Waals surface area contributed by atoms with Crippen LogP contribution in [0.5, 0.6) is 23.0 Å². The maximum atomic E-state index is 12.1. The Hall–Kier alpha value is -5.00. The van der Waals surface area contributed by atoms with Crippen LogP contribution in [0.1, 0.15) is 22.8 Å². The molecule has 34 heavy (non-hydrogen) atoms. The number of rotatable bonds is 9. The molecule has 3 aromatic rings. The van der Waals surface area contributed by atoms with Crippen molar-refractivity contribution in [3.63, 3.8) is 0 Å². The molecule has 0 spiro atoms. The Morgan fingerprint density at radius 1 is 1.03 bits per heavy atom. The molecule has 12 nitrogen and oxygen atoms in total. The first kappa shape index (κ1) is 23.7. The van der Waals surface area contributed by atoms with Crippen LogP contribution in [0.15, 0.2) is 65.8 Å². The molecule has 0 atom stereocenters. The van der Waals surface area contributed by atoms with Crippen molar-refractivity contribution in [2.75, 3.05) is 6.61 Å². The van der Waals surface area contributed by atoms with E-state index in [4.69, 9.17) is 9.47 Å². The summed E-state index contributed by atoms with van der Waals surface area (Å²) < 4.78 is 11.2. The molecular formula is C22H18N4O8. The number of nitrogens with zero attached hydrogens (tertiary/aromatic N) is 3. The standard InChI is InChI=1S/C22H18N4O8/c1-2-33-21-11-14(13-23-24-22(28)16-5-3-4-6-18(16)27)7-9-20(21)34-19-10-8-15(25(29)30)12-17(19)26(31)32/h3-13,27H,2H2,1H3,(H,24,28). The molecule has 0 aliphatic heterocycles. The van der Waals surface area contributed by atoms with Crippen molar-refractivity contribution in [2.24, 2.45) is 5.10 Å². The van der Waals surface area contributed by atoms with E-state index < -0.39 is 27.1 Å². The summed E-state index contributed by atoms with van der Waals surface area (Å²) in [5.74, 6) is -0.631. The second-order valence-corrected chi connectivity index (χ2v) is 6.62. The topological polar surface area (TPSA) is 166 Å². The Morgan fingerprint density at radius 2 is 1.76 bits per heavy atom. The van der Waals surface area contributed by atoms with Crippen molar-refractivity contribution in [1.82, 2.24) is 5.43 Å². The van der Waals surface area contributed by atoms with Crippen LogP contribution in [0.4, 0.5) is 11.4 Å². The van der Waals surface area contributed by atoms with E-state index in [1.807, 2.05) is 0 Å². The van der Waals surface area contributed by atoms with Gasteiger partial charge < -0.3 is 14.6 Å². The second-order valence-electron chi connectivity index (χ2n) is 6.62. The molecule has 0 aliphatic carbocycles. The number of aromatic hydroxyl groups is 1. The van der Waals surface area contributed by atoms with Crippen LogP contribution >= 0.6 is 0 Å². The lowest BCUT2D eigenvalue weighted by atomic mass is 10.2. The minimum absolute atomic E-state index is 0.0584. The minimum atomic E-state index is -0.781. The maximum absolute atomic E-state index is 12.1. The third-order valence-electron chi connectivity index (χ3n) is 4.37. The SMILES string of the molecule is CCOc1cc(C=NNC(=O)c2ccccc2O)ccc1Oc1ccc([N+](=O)[O-])cc1[N+](=O)[O-]. The van der Waals surface area contributed by atoms with Gasteiger partial charge in [-0.2, -0.15) is 5.10 Å². The van der Waals surface area contributed by atoms with Gasteiger partial charge in [-0.1, -0.05) is 12.1 Å². The lowest BCUT2D eigenvalue weighted by Crippen LogP contribution is -2.17. The normalized spacial score (nSPS) is 10.6. The van der Waals surface area contributed by atoms with Crippen LogP contribution in [0.2, 0.25) is 0 Å². The van der Waals surface area contributed by atoms with Crippen molar-refractivity contribution < 1.29 is 29.2 Å². The van der Waals surface area contributed by atoms with Gasteiger partial charge in [0.2, 0.25) is 5.75 Å². The van der Waals surface area contributed by atoms with E-state index in [9.17, 15) is 30.1 Å². The van der Waals surface area contributed by atoms with Crippen molar-refractivity contribution in [3.8, 4) is 23.0 Å². The van der Waals surface area contributed by atoms with E-state index in [1.165, 1.54) is 30.5 Å². The van der Waals surface area contributed by atoms with Gasteiger partial charge in [0, 0.05) is 6.07 Å². The second kappa shape index (κ2) is 10.5. The van der Waals surface area contributed by atoms with Crippen LogP contribution in [0.25, 0.3) is 0 Å². The van der Waals surface area contributed by atoms with Crippen LogP contribution < -0.4 is 14.9 Å². The number of nitro benzene ring substituents is 2. The fraction of sp³-hybridized carbons (Fsp3) is 0.0909. The van der Waals surface area contributed by atoms with Gasteiger partial charge in [0.1, 0.15) is 5.75 Å². The number of benzene rings is 3. The van der Waals surface area contributed by atoms with Crippen LogP contribution in [-0.2, 0) is 0 Å². The zero-order valence-corrected chi connectivity index (χ0v) is 17.7. The molecule has 174 valence electrons. The summed E-state index contributed by atoms with van der Waals surface area (Å²) in [4.78, 5) is 32.9. The lowest BCUT2D eigenvalue weighted by molar-refractivity contribution is -0.394. The average Bonchev–Trinajstić information content (AvgIpc) is 2.81. The lowest BCUT2D eigenvalue weighted by Gasteiger charge is -2.12. The number of nitrogens with one attached hydrogen (secondary N) is 1. The van der Waals surface area contributed by atoms with E-state index in [-0.39, 0.29) is 35.2 Å². The summed E-state index contributed by atoms with van der Waals surface area (Å²) in [6.45, 7) is 1.98. The smallest absolute Gasteiger partial charge is 0.318 e. The largest absolute Gasteiger partial charge is 0.507 e. The van der Waals surface area contributed by atoms with Gasteiger partial charge in [-0.25, -0.2) is 5.43 Å². The van der Waals surface area contributed by atoms with Crippen LogP contribution in [0.3, 0.4) is 0 Å². The number of nitro groups is 2. The van der Waals surface area contributed by atoms with E-state index in [0.29, 0.717) is 5.56 Å². The first-order valence-electron chi connectivity index (χ1n) is 9.79. The highest BCUT2D eigenvalue weighted by molar-refractivity contribution is 5.97. The number of phenols is 1. The Balaban J connectivity index is 1.81. The number of para-hydroxylation sites is 1. The Bertz CT molecular complexity index is 1280. The Kier molecular flexibility index (Phi) is 7.34. The average molecular weight is 466 g/mol. The molecule has 0 fully saturated rings. The zero-order chi connectivity index (χ0) is 24.7. The summed E-state index contributed by atoms with van der Waals surface area (Å²) in [6.07, 6.45) is 1.33. The van der Waals surface area contributed by atoms with Crippen LogP contribution in [0, 0.1) is 20.2 Å². The highest BCUT2D eigenvalue weighted by Crippen LogP contribution is 2.38. The highest BCUT2D eigenvalue weighted by Gasteiger charge is 2.22. The Morgan fingerprint density at radius 3 is 2.44 bits per heavy atom. The van der Waals surface area contributed by atoms with Gasteiger partial charge in [-0.15, -0.1) is 0 Å². The number of amides is 1. The maximum Gasteiger partial charge on any atom is 0.318 e. The molecule has 0 aromatic heterocycles. The summed E-state index contributed by atoms with van der Waals surface area (Å²) in [5.41, 5.74) is 1.84. The number of hydrazone groups is 1. The Labute approximate surface area is 192 Å². The van der Waals surface area contributed by atoms with E-state index >= 15 is 0 Å². The minimum Gasteiger partial charge on any atom is -0.507 e. The molecule has 0 aliphatic rings. The van der Waals surface area contributed by atoms with Gasteiger partial charge in [0.05, 0.1) is 34.3 Å². The van der Waals surface area contributed by atoms with Crippen LogP contribution in [-0.4, -0.2) is 33.7 Å². The number of carbonyl (C=O) groups is 1. The molecule has 2 N–H and O–H groups in total. The number of hydrogen-bond acceptors (Lipinski definition) is 9. The fourth-order valence-corrected chi connectivity index (χ4v) is 2.82. The molecule has 0 radical (unpaired) electrons. The number of ether oxygens (including phenoxy) is 2. The van der Waals surface area contributed by atoms with E-state index in [2.05, 4.69) is 10.5 Å². The summed E-state index contributed by atoms with van der Waals surface area (Å²) >= 11 is 0. The molecule has 3 rings (SSSR count). The summed E-state index contributed by atoms with van der Waals surface area (Å²) in [6, 6.07) is 13.6. The third-order valence-corrected chi connectivity index (χ3v) is 4.37. The van der Waals surface area contributed by atoms with Gasteiger partial charge in [-0.3, -0.25) is 25.0 Å². The third kappa shape index (κ3) is 5.62. The summed E-state index contributed by atoms with van der Waals surface area (Å²) in [7, 11) is 0. The molecule has 0 bridgehead atoms. The van der Waals surface area contributed by atoms with Gasteiger partial charge in [0.25, 0.3) is 11.6 Å². The molecule has 1 amide bonds. The van der Waals surface area contributed by atoms with E-state index in [0.717, 1.165) is 18.2 Å². The monoisotopic (exact) mass is 466 g/mol. The molecule has 3 aromatic carbocycles. The van der Waals surface area contributed by atoms with E-state index in [1.54, 1.807) is 25.1 Å². The first-order valence-corrected chi connectivity index (χ1v) is 9.79. The van der Waals surface area contributed by atoms with Gasteiger partial charge in [-0.05, 0) is 48.9 Å². The molecular weight excluding hydrogens is 448 g/mol. The summed E-state index contributed by atoms with van der Waals surface area (Å²) in [5, 5.41) is 35.8. The molecule has 0 heterocycles. The predicted molar refractivity (Wildman–Crippen MR) is 121 cm³/mol. The van der Waals surface area contributed by atoms with Gasteiger partial charge >= 0.3 is 5.69 Å². The van der Waals surface area contributed by atoms with Gasteiger partial charge in [0.15, 0.2) is 11.5 Å². The quantitative estimate of drug-likeness (QED) is 0.269. The number of phenolic OH excluding ortho intramolecular Hbond substituents is 1. The molecule has 0 saturated heterocycles. The highest BCUT2D eigenvalue weighted by atomic mass is 16.6. The molecule has 12 heteroatoms. The fourth-order valence-electron chi connectivity index (χ4n) is 2.82. The van der Waals surface area contributed by atoms with Crippen molar-refractivity contribution >= 4 is 23.5 Å². The number of non-ortho nitro benzene ring substituents is 1. The number of hydrogen-bond donors (Lipinski definition) is 2. The first-order chi connectivity index (χ1) is 16.3. The van der Waals surface area contributed by atoms with Crippen molar-refractivity contribution in [2.45, 2.75) is 6.92 Å². The number of carbonyl (C=O) groups excluding carboxylic acids is 1.